The predicted molar refractivity (Wildman–Crippen MR) is 105 cm³/mol. The predicted octanol–water partition coefficient (Wildman–Crippen LogP) is 2.79. The molecule has 1 aromatic rings. The summed E-state index contributed by atoms with van der Waals surface area (Å²) in [5.74, 6) is 1.70. The SMILES string of the molecule is C=CCOc1ccccc1CNC(=NC)NCCN(C(C)C)C1CC1. The molecule has 0 radical (unpaired) electrons. The Hall–Kier alpha value is -2.01. The maximum Gasteiger partial charge on any atom is 0.191 e. The normalized spacial score (nSPS) is 14.7. The van der Waals surface area contributed by atoms with Gasteiger partial charge in [0.1, 0.15) is 12.4 Å². The van der Waals surface area contributed by atoms with Crippen LogP contribution in [0.1, 0.15) is 32.3 Å². The van der Waals surface area contributed by atoms with E-state index < -0.39 is 0 Å². The van der Waals surface area contributed by atoms with Crippen LogP contribution in [0.2, 0.25) is 0 Å². The quantitative estimate of drug-likeness (QED) is 0.389. The summed E-state index contributed by atoms with van der Waals surface area (Å²) in [5.41, 5.74) is 1.11. The smallest absolute Gasteiger partial charge is 0.191 e. The van der Waals surface area contributed by atoms with Crippen LogP contribution >= 0.6 is 0 Å². The van der Waals surface area contributed by atoms with Crippen LogP contribution in [0.3, 0.4) is 0 Å². The van der Waals surface area contributed by atoms with Gasteiger partial charge in [-0.05, 0) is 32.8 Å². The van der Waals surface area contributed by atoms with Crippen LogP contribution in [-0.2, 0) is 6.54 Å². The van der Waals surface area contributed by atoms with Gasteiger partial charge in [-0.15, -0.1) is 0 Å². The highest BCUT2D eigenvalue weighted by atomic mass is 16.5. The van der Waals surface area contributed by atoms with Gasteiger partial charge in [-0.2, -0.15) is 0 Å². The Morgan fingerprint density at radius 1 is 1.36 bits per heavy atom. The van der Waals surface area contributed by atoms with E-state index in [9.17, 15) is 0 Å². The number of nitrogens with one attached hydrogen (secondary N) is 2. The topological polar surface area (TPSA) is 48.9 Å². The first-order valence-electron chi connectivity index (χ1n) is 9.17. The summed E-state index contributed by atoms with van der Waals surface area (Å²) < 4.78 is 5.70. The molecule has 0 unspecified atom stereocenters. The van der Waals surface area contributed by atoms with E-state index in [0.29, 0.717) is 19.2 Å². The first kappa shape index (κ1) is 19.3. The lowest BCUT2D eigenvalue weighted by Crippen LogP contribution is -2.43. The van der Waals surface area contributed by atoms with E-state index in [1.54, 1.807) is 13.1 Å². The number of ether oxygens (including phenoxy) is 1. The van der Waals surface area contributed by atoms with Gasteiger partial charge in [0.15, 0.2) is 5.96 Å². The van der Waals surface area contributed by atoms with Crippen LogP contribution < -0.4 is 15.4 Å². The van der Waals surface area contributed by atoms with E-state index in [1.165, 1.54) is 12.8 Å². The molecule has 5 nitrogen and oxygen atoms in total. The summed E-state index contributed by atoms with van der Waals surface area (Å²) in [7, 11) is 1.80. The molecule has 0 aromatic heterocycles. The van der Waals surface area contributed by atoms with Crippen molar-refractivity contribution in [1.29, 1.82) is 0 Å². The highest BCUT2D eigenvalue weighted by Gasteiger charge is 2.30. The van der Waals surface area contributed by atoms with Crippen molar-refractivity contribution in [1.82, 2.24) is 15.5 Å². The molecule has 0 aliphatic heterocycles. The van der Waals surface area contributed by atoms with E-state index in [4.69, 9.17) is 4.74 Å². The van der Waals surface area contributed by atoms with Gasteiger partial charge < -0.3 is 15.4 Å². The van der Waals surface area contributed by atoms with Crippen LogP contribution in [0.25, 0.3) is 0 Å². The van der Waals surface area contributed by atoms with Crippen molar-refractivity contribution in [2.75, 3.05) is 26.7 Å². The van der Waals surface area contributed by atoms with Crippen molar-refractivity contribution >= 4 is 5.96 Å². The van der Waals surface area contributed by atoms with Gasteiger partial charge in [-0.3, -0.25) is 9.89 Å². The van der Waals surface area contributed by atoms with Crippen molar-refractivity contribution in [3.63, 3.8) is 0 Å². The fourth-order valence-corrected chi connectivity index (χ4v) is 2.91. The number of aliphatic imine (C=N–C) groups is 1. The molecule has 1 saturated carbocycles. The molecule has 5 heteroatoms. The zero-order chi connectivity index (χ0) is 18.1. The zero-order valence-electron chi connectivity index (χ0n) is 15.8. The fraction of sp³-hybridized carbons (Fsp3) is 0.550. The molecular formula is C20H32N4O. The van der Waals surface area contributed by atoms with Crippen LogP contribution in [-0.4, -0.2) is 49.7 Å². The van der Waals surface area contributed by atoms with Crippen molar-refractivity contribution < 1.29 is 4.74 Å². The van der Waals surface area contributed by atoms with Crippen molar-refractivity contribution in [3.05, 3.63) is 42.5 Å². The number of hydrogen-bond acceptors (Lipinski definition) is 3. The Kier molecular flexibility index (Phi) is 7.79. The van der Waals surface area contributed by atoms with E-state index in [-0.39, 0.29) is 0 Å². The van der Waals surface area contributed by atoms with E-state index in [0.717, 1.165) is 36.4 Å². The molecule has 1 aliphatic carbocycles. The minimum atomic E-state index is 0.510. The van der Waals surface area contributed by atoms with Gasteiger partial charge in [0.05, 0.1) is 0 Å². The Labute approximate surface area is 152 Å². The molecule has 0 saturated heterocycles. The molecule has 2 rings (SSSR count). The third-order valence-electron chi connectivity index (χ3n) is 4.34. The summed E-state index contributed by atoms with van der Waals surface area (Å²) >= 11 is 0. The zero-order valence-corrected chi connectivity index (χ0v) is 15.8. The van der Waals surface area contributed by atoms with Crippen molar-refractivity contribution in [2.24, 2.45) is 4.99 Å². The molecule has 0 bridgehead atoms. The monoisotopic (exact) mass is 344 g/mol. The highest BCUT2D eigenvalue weighted by molar-refractivity contribution is 5.79. The molecule has 0 spiro atoms. The summed E-state index contributed by atoms with van der Waals surface area (Å²) in [6, 6.07) is 9.42. The molecule has 0 amide bonds. The van der Waals surface area contributed by atoms with Gasteiger partial charge in [0.2, 0.25) is 0 Å². The number of guanidine groups is 1. The van der Waals surface area contributed by atoms with Gasteiger partial charge in [0, 0.05) is 44.3 Å². The molecule has 0 heterocycles. The fourth-order valence-electron chi connectivity index (χ4n) is 2.91. The molecule has 25 heavy (non-hydrogen) atoms. The number of nitrogens with zero attached hydrogens (tertiary/aromatic N) is 2. The number of rotatable bonds is 10. The first-order chi connectivity index (χ1) is 12.2. The number of para-hydroxylation sites is 1. The lowest BCUT2D eigenvalue weighted by molar-refractivity contribution is 0.215. The first-order valence-corrected chi connectivity index (χ1v) is 9.17. The molecule has 0 atom stereocenters. The van der Waals surface area contributed by atoms with Gasteiger partial charge >= 0.3 is 0 Å². The van der Waals surface area contributed by atoms with Crippen LogP contribution in [0.4, 0.5) is 0 Å². The molecule has 1 aliphatic rings. The lowest BCUT2D eigenvalue weighted by atomic mass is 10.2. The van der Waals surface area contributed by atoms with Crippen LogP contribution in [0.5, 0.6) is 5.75 Å². The lowest BCUT2D eigenvalue weighted by Gasteiger charge is -2.26. The molecule has 138 valence electrons. The van der Waals surface area contributed by atoms with Crippen LogP contribution in [0, 0.1) is 0 Å². The molecule has 1 aromatic carbocycles. The Balaban J connectivity index is 1.79. The van der Waals surface area contributed by atoms with Gasteiger partial charge in [-0.1, -0.05) is 30.9 Å². The van der Waals surface area contributed by atoms with E-state index in [1.807, 2.05) is 18.2 Å². The van der Waals surface area contributed by atoms with Crippen molar-refractivity contribution in [3.8, 4) is 5.75 Å². The summed E-state index contributed by atoms with van der Waals surface area (Å²) in [4.78, 5) is 6.88. The van der Waals surface area contributed by atoms with Crippen molar-refractivity contribution in [2.45, 2.75) is 45.3 Å². The Morgan fingerprint density at radius 3 is 2.76 bits per heavy atom. The van der Waals surface area contributed by atoms with Gasteiger partial charge in [-0.25, -0.2) is 0 Å². The second-order valence-corrected chi connectivity index (χ2v) is 6.62. The average molecular weight is 345 g/mol. The average Bonchev–Trinajstić information content (AvgIpc) is 3.44. The summed E-state index contributed by atoms with van der Waals surface area (Å²) in [6.45, 7) is 11.4. The Bertz CT molecular complexity index is 565. The van der Waals surface area contributed by atoms with Gasteiger partial charge in [0.25, 0.3) is 0 Å². The largest absolute Gasteiger partial charge is 0.489 e. The maximum atomic E-state index is 5.70. The second-order valence-electron chi connectivity index (χ2n) is 6.62. The van der Waals surface area contributed by atoms with E-state index in [2.05, 4.69) is 47.0 Å². The second kappa shape index (κ2) is 10.1. The summed E-state index contributed by atoms with van der Waals surface area (Å²) in [5, 5.41) is 6.78. The minimum absolute atomic E-state index is 0.510. The van der Waals surface area contributed by atoms with Crippen LogP contribution in [0.15, 0.2) is 41.9 Å². The number of hydrogen-bond donors (Lipinski definition) is 2. The molecule has 1 fully saturated rings. The minimum Gasteiger partial charge on any atom is -0.489 e. The third kappa shape index (κ3) is 6.42. The highest BCUT2D eigenvalue weighted by Crippen LogP contribution is 2.27. The molecular weight excluding hydrogens is 312 g/mol. The summed E-state index contributed by atoms with van der Waals surface area (Å²) in [6.07, 6.45) is 4.43. The maximum absolute atomic E-state index is 5.70. The number of benzene rings is 1. The standard InChI is InChI=1S/C20H32N4O/c1-5-14-25-19-9-7-6-8-17(19)15-23-20(21-4)22-12-13-24(16(2)3)18-10-11-18/h5-9,16,18H,1,10-15H2,2-4H3,(H2,21,22,23). The Morgan fingerprint density at radius 2 is 2.12 bits per heavy atom. The molecule has 2 N–H and O–H groups in total. The van der Waals surface area contributed by atoms with E-state index >= 15 is 0 Å². The third-order valence-corrected chi connectivity index (χ3v) is 4.34.